The van der Waals surface area contributed by atoms with E-state index in [0.29, 0.717) is 0 Å². The number of aromatic nitrogens is 3. The number of nitrogens with zero attached hydrogens (tertiary/aromatic N) is 3. The molecular formula is C14H9FN4O3. The summed E-state index contributed by atoms with van der Waals surface area (Å²) in [6, 6.07) is 5.09. The van der Waals surface area contributed by atoms with Crippen LogP contribution in [-0.2, 0) is 0 Å². The monoisotopic (exact) mass is 300 g/mol. The average molecular weight is 300 g/mol. The first-order chi connectivity index (χ1) is 10.5. The fraction of sp³-hybridized carbons (Fsp3) is 0. The van der Waals surface area contributed by atoms with Crippen LogP contribution in [0.2, 0.25) is 0 Å². The molecule has 2 heterocycles. The van der Waals surface area contributed by atoms with Gasteiger partial charge in [-0.05, 0) is 24.3 Å². The van der Waals surface area contributed by atoms with Crippen LogP contribution in [0.1, 0.15) is 20.7 Å². The molecule has 110 valence electrons. The molecule has 3 aromatic rings. The third-order valence-corrected chi connectivity index (χ3v) is 3.12. The number of rotatable bonds is 3. The molecule has 8 heteroatoms. The minimum Gasteiger partial charge on any atom is -0.477 e. The lowest BCUT2D eigenvalue weighted by Crippen LogP contribution is -2.11. The van der Waals surface area contributed by atoms with Crippen LogP contribution < -0.4 is 5.73 Å². The molecule has 1 aromatic carbocycles. The molecule has 0 radical (unpaired) electrons. The molecule has 3 N–H and O–H groups in total. The van der Waals surface area contributed by atoms with Gasteiger partial charge in [-0.3, -0.25) is 4.79 Å². The van der Waals surface area contributed by atoms with Gasteiger partial charge in [-0.15, -0.1) is 0 Å². The van der Waals surface area contributed by atoms with Gasteiger partial charge in [0.1, 0.15) is 17.1 Å². The van der Waals surface area contributed by atoms with Crippen molar-refractivity contribution in [1.82, 2.24) is 14.6 Å². The Hall–Kier alpha value is -3.29. The summed E-state index contributed by atoms with van der Waals surface area (Å²) in [7, 11) is 0. The maximum Gasteiger partial charge on any atom is 0.341 e. The lowest BCUT2D eigenvalue weighted by Gasteiger charge is -2.03. The number of hydrogen-bond donors (Lipinski definition) is 2. The van der Waals surface area contributed by atoms with E-state index in [0.717, 1.165) is 6.07 Å². The molecule has 0 fully saturated rings. The minimum absolute atomic E-state index is 0.0139. The summed E-state index contributed by atoms with van der Waals surface area (Å²) in [4.78, 5) is 26.5. The Morgan fingerprint density at radius 1 is 1.32 bits per heavy atom. The molecule has 3 rings (SSSR count). The molecule has 0 saturated heterocycles. The maximum atomic E-state index is 14.2. The second kappa shape index (κ2) is 4.92. The summed E-state index contributed by atoms with van der Waals surface area (Å²) < 4.78 is 15.4. The molecule has 1 amide bonds. The molecular weight excluding hydrogens is 291 g/mol. The van der Waals surface area contributed by atoms with Crippen LogP contribution in [0.4, 0.5) is 4.39 Å². The zero-order valence-electron chi connectivity index (χ0n) is 11.0. The highest BCUT2D eigenvalue weighted by Gasteiger charge is 2.23. The van der Waals surface area contributed by atoms with Crippen LogP contribution in [0.15, 0.2) is 36.7 Å². The Morgan fingerprint density at radius 2 is 2.09 bits per heavy atom. The van der Waals surface area contributed by atoms with E-state index in [1.165, 1.54) is 29.0 Å². The van der Waals surface area contributed by atoms with Gasteiger partial charge in [0.15, 0.2) is 5.65 Å². The number of amides is 1. The maximum absolute atomic E-state index is 14.2. The first-order valence-corrected chi connectivity index (χ1v) is 6.15. The van der Waals surface area contributed by atoms with Crippen molar-refractivity contribution in [2.75, 3.05) is 0 Å². The largest absolute Gasteiger partial charge is 0.477 e. The van der Waals surface area contributed by atoms with Crippen LogP contribution in [-0.4, -0.2) is 31.6 Å². The van der Waals surface area contributed by atoms with Gasteiger partial charge in [0.2, 0.25) is 5.91 Å². The van der Waals surface area contributed by atoms with Crippen LogP contribution >= 0.6 is 0 Å². The first-order valence-electron chi connectivity index (χ1n) is 6.15. The van der Waals surface area contributed by atoms with Gasteiger partial charge in [0.05, 0.1) is 0 Å². The van der Waals surface area contributed by atoms with Gasteiger partial charge >= 0.3 is 5.97 Å². The van der Waals surface area contributed by atoms with Crippen molar-refractivity contribution in [3.63, 3.8) is 0 Å². The van der Waals surface area contributed by atoms with Gasteiger partial charge < -0.3 is 10.8 Å². The number of carboxylic acids is 1. The number of halogens is 1. The molecule has 22 heavy (non-hydrogen) atoms. The van der Waals surface area contributed by atoms with Crippen molar-refractivity contribution in [1.29, 1.82) is 0 Å². The van der Waals surface area contributed by atoms with Crippen LogP contribution in [0.3, 0.4) is 0 Å². The Bertz CT molecular complexity index is 920. The zero-order valence-corrected chi connectivity index (χ0v) is 11.0. The van der Waals surface area contributed by atoms with Crippen molar-refractivity contribution in [2.24, 2.45) is 5.73 Å². The standard InChI is InChI=1S/C14H9FN4O3/c15-9-6-7(12(16)20)2-3-8(9)11-10(14(21)22)13-17-4-1-5-19(13)18-11/h1-6H,(H2,16,20)(H,21,22). The van der Waals surface area contributed by atoms with Gasteiger partial charge in [-0.25, -0.2) is 18.7 Å². The van der Waals surface area contributed by atoms with E-state index in [1.807, 2.05) is 0 Å². The van der Waals surface area contributed by atoms with E-state index in [4.69, 9.17) is 5.73 Å². The van der Waals surface area contributed by atoms with Gasteiger partial charge in [0, 0.05) is 23.5 Å². The van der Waals surface area contributed by atoms with E-state index < -0.39 is 17.7 Å². The molecule has 7 nitrogen and oxygen atoms in total. The number of primary amides is 1. The third kappa shape index (κ3) is 2.06. The highest BCUT2D eigenvalue weighted by atomic mass is 19.1. The van der Waals surface area contributed by atoms with E-state index in [1.54, 1.807) is 6.07 Å². The molecule has 0 saturated carbocycles. The van der Waals surface area contributed by atoms with Crippen LogP contribution in [0.5, 0.6) is 0 Å². The summed E-state index contributed by atoms with van der Waals surface area (Å²) in [5.74, 6) is -2.84. The molecule has 0 atom stereocenters. The first kappa shape index (κ1) is 13.7. The minimum atomic E-state index is -1.28. The second-order valence-electron chi connectivity index (χ2n) is 4.48. The number of fused-ring (bicyclic) bond motifs is 1. The molecule has 0 aliphatic carbocycles. The molecule has 0 unspecified atom stereocenters. The number of aromatic carboxylic acids is 1. The van der Waals surface area contributed by atoms with Crippen LogP contribution in [0, 0.1) is 5.82 Å². The predicted octanol–water partition coefficient (Wildman–Crippen LogP) is 1.33. The second-order valence-corrected chi connectivity index (χ2v) is 4.48. The van der Waals surface area contributed by atoms with Crippen molar-refractivity contribution in [3.8, 4) is 11.3 Å². The normalized spacial score (nSPS) is 10.8. The van der Waals surface area contributed by atoms with Gasteiger partial charge in [-0.2, -0.15) is 5.10 Å². The molecule has 2 aromatic heterocycles. The highest BCUT2D eigenvalue weighted by molar-refractivity contribution is 6.01. The summed E-state index contributed by atoms with van der Waals surface area (Å²) >= 11 is 0. The highest BCUT2D eigenvalue weighted by Crippen LogP contribution is 2.28. The number of carbonyl (C=O) groups is 2. The van der Waals surface area contributed by atoms with Crippen molar-refractivity contribution >= 4 is 17.5 Å². The molecule has 0 aliphatic rings. The van der Waals surface area contributed by atoms with E-state index in [2.05, 4.69) is 10.1 Å². The number of carbonyl (C=O) groups excluding carboxylic acids is 1. The average Bonchev–Trinajstić information content (AvgIpc) is 2.86. The van der Waals surface area contributed by atoms with Crippen LogP contribution in [0.25, 0.3) is 16.9 Å². The summed E-state index contributed by atoms with van der Waals surface area (Å²) in [6.07, 6.45) is 2.92. The topological polar surface area (TPSA) is 111 Å². The fourth-order valence-corrected chi connectivity index (χ4v) is 2.13. The summed E-state index contributed by atoms with van der Waals surface area (Å²) in [6.45, 7) is 0. The quantitative estimate of drug-likeness (QED) is 0.758. The van der Waals surface area contributed by atoms with Crippen molar-refractivity contribution in [2.45, 2.75) is 0 Å². The summed E-state index contributed by atoms with van der Waals surface area (Å²) in [5.41, 5.74) is 4.83. The van der Waals surface area contributed by atoms with E-state index in [-0.39, 0.29) is 28.0 Å². The van der Waals surface area contributed by atoms with Gasteiger partial charge in [0.25, 0.3) is 0 Å². The Balaban J connectivity index is 2.28. The fourth-order valence-electron chi connectivity index (χ4n) is 2.13. The van der Waals surface area contributed by atoms with Crippen molar-refractivity contribution < 1.29 is 19.1 Å². The van der Waals surface area contributed by atoms with E-state index in [9.17, 15) is 19.1 Å². The third-order valence-electron chi connectivity index (χ3n) is 3.12. The van der Waals surface area contributed by atoms with Crippen molar-refractivity contribution in [3.05, 3.63) is 53.6 Å². The SMILES string of the molecule is NC(=O)c1ccc(-c2nn3cccnc3c2C(=O)O)c(F)c1. The smallest absolute Gasteiger partial charge is 0.341 e. The molecule has 0 aliphatic heterocycles. The number of benzene rings is 1. The lowest BCUT2D eigenvalue weighted by atomic mass is 10.0. The lowest BCUT2D eigenvalue weighted by molar-refractivity contribution is 0.0699. The Kier molecular flexibility index (Phi) is 3.06. The molecule has 0 bridgehead atoms. The number of hydrogen-bond acceptors (Lipinski definition) is 4. The Labute approximate surface area is 122 Å². The molecule has 0 spiro atoms. The Morgan fingerprint density at radius 3 is 2.73 bits per heavy atom. The number of carboxylic acid groups (broad SMARTS) is 1. The zero-order chi connectivity index (χ0) is 15.9. The van der Waals surface area contributed by atoms with Gasteiger partial charge in [-0.1, -0.05) is 0 Å². The van der Waals surface area contributed by atoms with E-state index >= 15 is 0 Å². The predicted molar refractivity (Wildman–Crippen MR) is 73.9 cm³/mol. The summed E-state index contributed by atoms with van der Waals surface area (Å²) in [5, 5.41) is 13.4. The number of nitrogens with two attached hydrogens (primary N) is 1.